The Morgan fingerprint density at radius 2 is 2.19 bits per heavy atom. The number of hydrogen-bond acceptors (Lipinski definition) is 4. The number of morpholine rings is 1. The van der Waals surface area contributed by atoms with Crippen molar-refractivity contribution < 1.29 is 9.84 Å². The zero-order valence-corrected chi connectivity index (χ0v) is 10.8. The van der Waals surface area contributed by atoms with Crippen LogP contribution in [0.2, 0.25) is 0 Å². The summed E-state index contributed by atoms with van der Waals surface area (Å²) in [7, 11) is 0. The van der Waals surface area contributed by atoms with Gasteiger partial charge in [0.25, 0.3) is 0 Å². The second-order valence-electron chi connectivity index (χ2n) is 5.26. The van der Waals surface area contributed by atoms with Crippen LogP contribution in [-0.4, -0.2) is 54.0 Å². The van der Waals surface area contributed by atoms with E-state index < -0.39 is 0 Å². The summed E-state index contributed by atoms with van der Waals surface area (Å²) in [6.07, 6.45) is 2.01. The molecular weight excluding hydrogens is 204 g/mol. The van der Waals surface area contributed by atoms with Gasteiger partial charge in [-0.2, -0.15) is 0 Å². The Balaban J connectivity index is 2.69. The summed E-state index contributed by atoms with van der Waals surface area (Å²) in [5.41, 5.74) is 6.12. The van der Waals surface area contributed by atoms with E-state index >= 15 is 0 Å². The SMILES string of the molecule is CCCC(N)C(CO)N1CCOCC1(C)C. The summed E-state index contributed by atoms with van der Waals surface area (Å²) in [6.45, 7) is 8.85. The van der Waals surface area contributed by atoms with E-state index in [1.807, 2.05) is 0 Å². The molecule has 1 heterocycles. The summed E-state index contributed by atoms with van der Waals surface area (Å²) in [6, 6.07) is 0.103. The first-order valence-electron chi connectivity index (χ1n) is 6.24. The Labute approximate surface area is 98.8 Å². The van der Waals surface area contributed by atoms with E-state index in [-0.39, 0.29) is 24.2 Å². The highest BCUT2D eigenvalue weighted by Gasteiger charge is 2.37. The van der Waals surface area contributed by atoms with Gasteiger partial charge in [0.05, 0.1) is 19.8 Å². The highest BCUT2D eigenvalue weighted by molar-refractivity contribution is 4.93. The number of aliphatic hydroxyl groups is 1. The quantitative estimate of drug-likeness (QED) is 0.725. The van der Waals surface area contributed by atoms with E-state index in [4.69, 9.17) is 10.5 Å². The fourth-order valence-corrected chi connectivity index (χ4v) is 2.48. The second-order valence-corrected chi connectivity index (χ2v) is 5.26. The van der Waals surface area contributed by atoms with E-state index in [1.165, 1.54) is 0 Å². The van der Waals surface area contributed by atoms with Crippen molar-refractivity contribution in [3.8, 4) is 0 Å². The molecule has 0 saturated carbocycles. The Hall–Kier alpha value is -0.160. The first kappa shape index (κ1) is 13.9. The molecule has 0 aliphatic carbocycles. The lowest BCUT2D eigenvalue weighted by molar-refractivity contribution is -0.0859. The number of ether oxygens (including phenoxy) is 1. The summed E-state index contributed by atoms with van der Waals surface area (Å²) >= 11 is 0. The van der Waals surface area contributed by atoms with Crippen molar-refractivity contribution in [2.45, 2.75) is 51.2 Å². The number of aliphatic hydroxyl groups excluding tert-OH is 1. The molecule has 0 aromatic carbocycles. The average molecular weight is 230 g/mol. The second kappa shape index (κ2) is 5.96. The molecule has 0 aromatic rings. The van der Waals surface area contributed by atoms with Crippen LogP contribution < -0.4 is 5.73 Å². The minimum absolute atomic E-state index is 0.0307. The topological polar surface area (TPSA) is 58.7 Å². The molecule has 3 N–H and O–H groups in total. The van der Waals surface area contributed by atoms with Crippen LogP contribution in [0.4, 0.5) is 0 Å². The van der Waals surface area contributed by atoms with Gasteiger partial charge in [0, 0.05) is 24.2 Å². The molecule has 1 aliphatic rings. The first-order valence-corrected chi connectivity index (χ1v) is 6.24. The fraction of sp³-hybridized carbons (Fsp3) is 1.00. The molecule has 0 amide bonds. The van der Waals surface area contributed by atoms with Crippen molar-refractivity contribution in [3.05, 3.63) is 0 Å². The maximum Gasteiger partial charge on any atom is 0.0645 e. The van der Waals surface area contributed by atoms with E-state index in [1.54, 1.807) is 0 Å². The predicted molar refractivity (Wildman–Crippen MR) is 65.4 cm³/mol. The van der Waals surface area contributed by atoms with Crippen molar-refractivity contribution in [1.82, 2.24) is 4.90 Å². The van der Waals surface area contributed by atoms with Crippen LogP contribution in [0.1, 0.15) is 33.6 Å². The smallest absolute Gasteiger partial charge is 0.0645 e. The maximum atomic E-state index is 9.55. The van der Waals surface area contributed by atoms with Crippen LogP contribution in [0.25, 0.3) is 0 Å². The van der Waals surface area contributed by atoms with E-state index in [9.17, 15) is 5.11 Å². The molecule has 4 nitrogen and oxygen atoms in total. The minimum atomic E-state index is -0.0307. The molecule has 2 unspecified atom stereocenters. The van der Waals surface area contributed by atoms with Gasteiger partial charge in [-0.15, -0.1) is 0 Å². The highest BCUT2D eigenvalue weighted by atomic mass is 16.5. The minimum Gasteiger partial charge on any atom is -0.395 e. The van der Waals surface area contributed by atoms with E-state index in [0.717, 1.165) is 26.0 Å². The summed E-state index contributed by atoms with van der Waals surface area (Å²) in [5.74, 6) is 0. The summed E-state index contributed by atoms with van der Waals surface area (Å²) in [4.78, 5) is 2.30. The molecule has 1 rings (SSSR count). The van der Waals surface area contributed by atoms with E-state index in [2.05, 4.69) is 25.7 Å². The van der Waals surface area contributed by atoms with Crippen molar-refractivity contribution in [1.29, 1.82) is 0 Å². The standard InChI is InChI=1S/C12H26N2O2/c1-4-5-10(13)11(8-15)14-6-7-16-9-12(14,2)3/h10-11,15H,4-9,13H2,1-3H3. The highest BCUT2D eigenvalue weighted by Crippen LogP contribution is 2.23. The third kappa shape index (κ3) is 3.17. The van der Waals surface area contributed by atoms with Gasteiger partial charge in [0.15, 0.2) is 0 Å². The molecule has 1 saturated heterocycles. The Morgan fingerprint density at radius 1 is 1.50 bits per heavy atom. The molecule has 0 spiro atoms. The van der Waals surface area contributed by atoms with Crippen LogP contribution in [0.3, 0.4) is 0 Å². The van der Waals surface area contributed by atoms with Gasteiger partial charge in [-0.3, -0.25) is 4.90 Å². The van der Waals surface area contributed by atoms with Crippen molar-refractivity contribution in [2.24, 2.45) is 5.73 Å². The zero-order valence-electron chi connectivity index (χ0n) is 10.8. The number of nitrogens with two attached hydrogens (primary N) is 1. The summed E-state index contributed by atoms with van der Waals surface area (Å²) < 4.78 is 5.49. The third-order valence-electron chi connectivity index (χ3n) is 3.41. The molecule has 0 bridgehead atoms. The van der Waals surface area contributed by atoms with Gasteiger partial charge in [-0.25, -0.2) is 0 Å². The lowest BCUT2D eigenvalue weighted by Gasteiger charge is -2.47. The normalized spacial score (nSPS) is 25.3. The molecule has 1 fully saturated rings. The van der Waals surface area contributed by atoms with Gasteiger partial charge < -0.3 is 15.6 Å². The van der Waals surface area contributed by atoms with Crippen LogP contribution in [0.5, 0.6) is 0 Å². The molecule has 0 aromatic heterocycles. The van der Waals surface area contributed by atoms with Gasteiger partial charge in [0.1, 0.15) is 0 Å². The Morgan fingerprint density at radius 3 is 2.69 bits per heavy atom. The van der Waals surface area contributed by atoms with Crippen LogP contribution in [-0.2, 0) is 4.74 Å². The van der Waals surface area contributed by atoms with Crippen LogP contribution in [0, 0.1) is 0 Å². The van der Waals surface area contributed by atoms with Gasteiger partial charge in [0.2, 0.25) is 0 Å². The van der Waals surface area contributed by atoms with Crippen molar-refractivity contribution in [2.75, 3.05) is 26.4 Å². The predicted octanol–water partition coefficient (Wildman–Crippen LogP) is 0.586. The number of hydrogen-bond donors (Lipinski definition) is 2. The molecule has 0 radical (unpaired) electrons. The third-order valence-corrected chi connectivity index (χ3v) is 3.41. The Kier molecular flexibility index (Phi) is 5.18. The molecule has 2 atom stereocenters. The van der Waals surface area contributed by atoms with Gasteiger partial charge in [-0.05, 0) is 20.3 Å². The first-order chi connectivity index (χ1) is 7.53. The fourth-order valence-electron chi connectivity index (χ4n) is 2.48. The molecule has 16 heavy (non-hydrogen) atoms. The average Bonchev–Trinajstić information content (AvgIpc) is 2.21. The van der Waals surface area contributed by atoms with Crippen molar-refractivity contribution >= 4 is 0 Å². The van der Waals surface area contributed by atoms with Gasteiger partial charge >= 0.3 is 0 Å². The lowest BCUT2D eigenvalue weighted by Crippen LogP contribution is -2.62. The van der Waals surface area contributed by atoms with E-state index in [0.29, 0.717) is 6.61 Å². The van der Waals surface area contributed by atoms with Crippen LogP contribution >= 0.6 is 0 Å². The lowest BCUT2D eigenvalue weighted by atomic mass is 9.95. The molecular formula is C12H26N2O2. The van der Waals surface area contributed by atoms with Crippen molar-refractivity contribution in [3.63, 3.8) is 0 Å². The summed E-state index contributed by atoms with van der Waals surface area (Å²) in [5, 5.41) is 9.55. The van der Waals surface area contributed by atoms with Gasteiger partial charge in [-0.1, -0.05) is 13.3 Å². The Bertz CT molecular complexity index is 209. The number of nitrogens with zero attached hydrogens (tertiary/aromatic N) is 1. The molecule has 4 heteroatoms. The molecule has 96 valence electrons. The molecule has 1 aliphatic heterocycles. The monoisotopic (exact) mass is 230 g/mol. The van der Waals surface area contributed by atoms with Crippen LogP contribution in [0.15, 0.2) is 0 Å². The zero-order chi connectivity index (χ0) is 12.2. The number of rotatable bonds is 5. The maximum absolute atomic E-state index is 9.55. The largest absolute Gasteiger partial charge is 0.395 e.